The number of phenols is 1. The number of nitrogens with zero attached hydrogens (tertiary/aromatic N) is 4. The molecule has 2 rings (SSSR count). The van der Waals surface area contributed by atoms with Crippen LogP contribution in [0, 0.1) is 10.1 Å². The Kier molecular flexibility index (Phi) is 3.24. The maximum Gasteiger partial charge on any atom is 0.287 e. The van der Waals surface area contributed by atoms with Gasteiger partial charge in [-0.1, -0.05) is 0 Å². The Morgan fingerprint density at radius 2 is 1.83 bits per heavy atom. The van der Waals surface area contributed by atoms with Crippen LogP contribution < -0.4 is 0 Å². The van der Waals surface area contributed by atoms with E-state index in [9.17, 15) is 10.1 Å². The molecule has 1 aromatic heterocycles. The number of benzene rings is 1. The van der Waals surface area contributed by atoms with E-state index < -0.39 is 4.92 Å². The predicted octanol–water partition coefficient (Wildman–Crippen LogP) is 3.11. The molecule has 1 aromatic carbocycles. The molecule has 0 amide bonds. The van der Waals surface area contributed by atoms with E-state index in [0.717, 1.165) is 6.20 Å². The van der Waals surface area contributed by atoms with Gasteiger partial charge in [-0.2, -0.15) is 0 Å². The summed E-state index contributed by atoms with van der Waals surface area (Å²) in [5.41, 5.74) is 0.450. The monoisotopic (exact) mass is 244 g/mol. The Balaban J connectivity index is 2.13. The summed E-state index contributed by atoms with van der Waals surface area (Å²) in [6.45, 7) is 0. The van der Waals surface area contributed by atoms with Crippen molar-refractivity contribution in [3.63, 3.8) is 0 Å². The average Bonchev–Trinajstić information content (AvgIpc) is 2.38. The third-order valence-electron chi connectivity index (χ3n) is 2.06. The molecule has 18 heavy (non-hydrogen) atoms. The highest BCUT2D eigenvalue weighted by Crippen LogP contribution is 2.20. The van der Waals surface area contributed by atoms with Crippen LogP contribution in [0.5, 0.6) is 5.75 Å². The highest BCUT2D eigenvalue weighted by Gasteiger charge is 2.04. The highest BCUT2D eigenvalue weighted by atomic mass is 16.6. The van der Waals surface area contributed by atoms with Crippen molar-refractivity contribution < 1.29 is 10.0 Å². The van der Waals surface area contributed by atoms with Crippen molar-refractivity contribution in [1.82, 2.24) is 4.98 Å². The first-order valence-electron chi connectivity index (χ1n) is 4.96. The molecule has 2 aromatic rings. The molecule has 90 valence electrons. The lowest BCUT2D eigenvalue weighted by atomic mass is 10.3. The first-order chi connectivity index (χ1) is 8.65. The number of aromatic hydroxyl groups is 1. The number of nitro groups is 1. The summed E-state index contributed by atoms with van der Waals surface area (Å²) in [6, 6.07) is 8.85. The first kappa shape index (κ1) is 11.6. The molecule has 0 aliphatic carbocycles. The maximum atomic E-state index is 10.4. The van der Waals surface area contributed by atoms with Crippen LogP contribution in [0.4, 0.5) is 17.2 Å². The second kappa shape index (κ2) is 5.00. The summed E-state index contributed by atoms with van der Waals surface area (Å²) in [6.07, 6.45) is 1.12. The predicted molar refractivity (Wildman–Crippen MR) is 63.2 cm³/mol. The minimum absolute atomic E-state index is 0.0985. The van der Waals surface area contributed by atoms with Gasteiger partial charge in [0.2, 0.25) is 0 Å². The number of phenolic OH excluding ortho intramolecular Hbond substituents is 1. The Hall–Kier alpha value is -2.83. The van der Waals surface area contributed by atoms with Crippen molar-refractivity contribution in [3.05, 3.63) is 52.7 Å². The van der Waals surface area contributed by atoms with E-state index in [2.05, 4.69) is 15.2 Å². The number of azo groups is 1. The van der Waals surface area contributed by atoms with Crippen LogP contribution in [0.1, 0.15) is 0 Å². The van der Waals surface area contributed by atoms with Crippen LogP contribution in [0.25, 0.3) is 0 Å². The summed E-state index contributed by atoms with van der Waals surface area (Å²) in [7, 11) is 0. The molecule has 0 bridgehead atoms. The van der Waals surface area contributed by atoms with Crippen LogP contribution in [-0.4, -0.2) is 15.0 Å². The zero-order valence-electron chi connectivity index (χ0n) is 9.09. The van der Waals surface area contributed by atoms with E-state index in [1.54, 1.807) is 12.1 Å². The molecule has 0 unspecified atom stereocenters. The fraction of sp³-hybridized carbons (Fsp3) is 0. The summed E-state index contributed by atoms with van der Waals surface area (Å²) in [5.74, 6) is 0.413. The van der Waals surface area contributed by atoms with Gasteiger partial charge < -0.3 is 5.11 Å². The third kappa shape index (κ3) is 2.85. The lowest BCUT2D eigenvalue weighted by molar-refractivity contribution is -0.385. The van der Waals surface area contributed by atoms with Gasteiger partial charge in [-0.3, -0.25) is 10.1 Å². The summed E-state index contributed by atoms with van der Waals surface area (Å²) < 4.78 is 0. The molecule has 1 heterocycles. The minimum atomic E-state index is -0.534. The fourth-order valence-electron chi connectivity index (χ4n) is 1.17. The molecule has 0 saturated carbocycles. The summed E-state index contributed by atoms with van der Waals surface area (Å²) in [4.78, 5) is 13.7. The second-order valence-corrected chi connectivity index (χ2v) is 3.35. The molecule has 7 nitrogen and oxygen atoms in total. The first-order valence-corrected chi connectivity index (χ1v) is 4.96. The van der Waals surface area contributed by atoms with Gasteiger partial charge in [0.1, 0.15) is 11.9 Å². The molecule has 0 atom stereocenters. The van der Waals surface area contributed by atoms with Crippen LogP contribution in [0.15, 0.2) is 52.8 Å². The van der Waals surface area contributed by atoms with Crippen molar-refractivity contribution in [1.29, 1.82) is 0 Å². The summed E-state index contributed by atoms with van der Waals surface area (Å²) >= 11 is 0. The lowest BCUT2D eigenvalue weighted by Crippen LogP contribution is -1.87. The normalized spacial score (nSPS) is 10.7. The van der Waals surface area contributed by atoms with Crippen LogP contribution in [0.3, 0.4) is 0 Å². The van der Waals surface area contributed by atoms with Crippen LogP contribution in [-0.2, 0) is 0 Å². The zero-order valence-corrected chi connectivity index (χ0v) is 9.09. The molecule has 7 heteroatoms. The smallest absolute Gasteiger partial charge is 0.287 e. The second-order valence-electron chi connectivity index (χ2n) is 3.35. The van der Waals surface area contributed by atoms with Gasteiger partial charge in [0.05, 0.1) is 10.6 Å². The molecule has 0 aliphatic rings. The van der Waals surface area contributed by atoms with Gasteiger partial charge in [-0.15, -0.1) is 10.2 Å². The standard InChI is InChI=1S/C11H8N4O3/c16-10-4-1-8(2-5-10)13-14-11-6-3-9(7-12-11)15(17)18/h1-7,16H. The Labute approximate surface area is 102 Å². The zero-order chi connectivity index (χ0) is 13.0. The van der Waals surface area contributed by atoms with Crippen molar-refractivity contribution in [3.8, 4) is 5.75 Å². The Bertz CT molecular complexity index is 578. The molecule has 0 aliphatic heterocycles. The molecule has 0 spiro atoms. The Morgan fingerprint density at radius 1 is 1.11 bits per heavy atom. The molecule has 0 fully saturated rings. The molecular weight excluding hydrogens is 236 g/mol. The van der Waals surface area contributed by atoms with Crippen molar-refractivity contribution >= 4 is 17.2 Å². The number of hydrogen-bond acceptors (Lipinski definition) is 6. The lowest BCUT2D eigenvalue weighted by Gasteiger charge is -1.93. The van der Waals surface area contributed by atoms with Crippen molar-refractivity contribution in [2.45, 2.75) is 0 Å². The fourth-order valence-corrected chi connectivity index (χ4v) is 1.17. The number of pyridine rings is 1. The van der Waals surface area contributed by atoms with Crippen molar-refractivity contribution in [2.24, 2.45) is 10.2 Å². The van der Waals surface area contributed by atoms with E-state index >= 15 is 0 Å². The van der Waals surface area contributed by atoms with E-state index in [1.165, 1.54) is 24.3 Å². The number of hydrogen-bond donors (Lipinski definition) is 1. The maximum absolute atomic E-state index is 10.4. The summed E-state index contributed by atoms with van der Waals surface area (Å²) in [5, 5.41) is 27.2. The molecular formula is C11H8N4O3. The van der Waals surface area contributed by atoms with Gasteiger partial charge in [-0.05, 0) is 30.3 Å². The van der Waals surface area contributed by atoms with Gasteiger partial charge in [0.15, 0.2) is 5.82 Å². The van der Waals surface area contributed by atoms with Crippen LogP contribution >= 0.6 is 0 Å². The van der Waals surface area contributed by atoms with Crippen molar-refractivity contribution in [2.75, 3.05) is 0 Å². The van der Waals surface area contributed by atoms with E-state index in [4.69, 9.17) is 5.11 Å². The van der Waals surface area contributed by atoms with Gasteiger partial charge in [0.25, 0.3) is 5.69 Å². The van der Waals surface area contributed by atoms with E-state index in [1.807, 2.05) is 0 Å². The highest BCUT2D eigenvalue weighted by molar-refractivity contribution is 5.41. The minimum Gasteiger partial charge on any atom is -0.508 e. The average molecular weight is 244 g/mol. The van der Waals surface area contributed by atoms with Crippen LogP contribution in [0.2, 0.25) is 0 Å². The van der Waals surface area contributed by atoms with Gasteiger partial charge >= 0.3 is 0 Å². The van der Waals surface area contributed by atoms with Gasteiger partial charge in [0, 0.05) is 6.07 Å². The molecule has 0 saturated heterocycles. The molecule has 1 N–H and O–H groups in total. The van der Waals surface area contributed by atoms with E-state index in [0.29, 0.717) is 5.69 Å². The quantitative estimate of drug-likeness (QED) is 0.509. The topological polar surface area (TPSA) is 101 Å². The third-order valence-corrected chi connectivity index (χ3v) is 2.06. The van der Waals surface area contributed by atoms with Gasteiger partial charge in [-0.25, -0.2) is 4.98 Å². The largest absolute Gasteiger partial charge is 0.508 e. The van der Waals surface area contributed by atoms with E-state index in [-0.39, 0.29) is 17.3 Å². The molecule has 0 radical (unpaired) electrons. The Morgan fingerprint density at radius 3 is 2.39 bits per heavy atom. The number of aromatic nitrogens is 1. The number of rotatable bonds is 3. The SMILES string of the molecule is O=[N+]([O-])c1ccc(N=Nc2ccc(O)cc2)nc1.